The van der Waals surface area contributed by atoms with E-state index in [1.807, 2.05) is 24.7 Å². The van der Waals surface area contributed by atoms with E-state index in [2.05, 4.69) is 44.2 Å². The molecule has 0 unspecified atom stereocenters. The highest BCUT2D eigenvalue weighted by atomic mass is 32.1. The summed E-state index contributed by atoms with van der Waals surface area (Å²) in [6, 6.07) is 0.0695. The number of amides is 1. The number of nitrogens with zero attached hydrogens (tertiary/aromatic N) is 2. The Morgan fingerprint density at radius 1 is 1.48 bits per heavy atom. The number of hydrogen-bond donors (Lipinski definition) is 1. The van der Waals surface area contributed by atoms with Crippen molar-refractivity contribution in [3.8, 4) is 0 Å². The average Bonchev–Trinajstić information content (AvgIpc) is 2.81. The normalized spacial score (nSPS) is 22.3. The van der Waals surface area contributed by atoms with Crippen LogP contribution in [0.15, 0.2) is 12.4 Å². The number of aromatic nitrogens is 2. The van der Waals surface area contributed by atoms with Crippen LogP contribution in [0.25, 0.3) is 0 Å². The van der Waals surface area contributed by atoms with E-state index < -0.39 is 8.32 Å². The van der Waals surface area contributed by atoms with E-state index in [9.17, 15) is 4.79 Å². The largest absolute Gasteiger partial charge is 0.413 e. The van der Waals surface area contributed by atoms with Gasteiger partial charge in [0.25, 0.3) is 0 Å². The van der Waals surface area contributed by atoms with E-state index in [0.717, 1.165) is 10.7 Å². The lowest BCUT2D eigenvalue weighted by atomic mass is 9.83. The molecule has 0 spiro atoms. The molecule has 7 heteroatoms. The van der Waals surface area contributed by atoms with Gasteiger partial charge in [0, 0.05) is 43.2 Å². The molecule has 25 heavy (non-hydrogen) atoms. The first kappa shape index (κ1) is 20.3. The SMILES string of the molecule is C[C@@H](O[Si](C)(C)C(C)(C)C)[C@H]1C(=O)N[C@H]1CC(=S)Cc1nccn1C. The molecule has 0 saturated carbocycles. The second kappa shape index (κ2) is 7.29. The van der Waals surface area contributed by atoms with Gasteiger partial charge in [0.2, 0.25) is 5.91 Å². The third-order valence-corrected chi connectivity index (χ3v) is 10.5. The fourth-order valence-corrected chi connectivity index (χ4v) is 4.69. The van der Waals surface area contributed by atoms with Crippen LogP contribution < -0.4 is 5.32 Å². The van der Waals surface area contributed by atoms with Gasteiger partial charge in [0.1, 0.15) is 5.82 Å². The maximum Gasteiger partial charge on any atom is 0.228 e. The van der Waals surface area contributed by atoms with Gasteiger partial charge in [-0.15, -0.1) is 0 Å². The molecule has 1 aliphatic rings. The van der Waals surface area contributed by atoms with Gasteiger partial charge in [-0.05, 0) is 25.1 Å². The second-order valence-electron chi connectivity index (χ2n) is 8.60. The van der Waals surface area contributed by atoms with Crippen LogP contribution >= 0.6 is 12.2 Å². The predicted octanol–water partition coefficient (Wildman–Crippen LogP) is 3.25. The van der Waals surface area contributed by atoms with Crippen LogP contribution in [0.5, 0.6) is 0 Å². The zero-order valence-corrected chi connectivity index (χ0v) is 18.2. The van der Waals surface area contributed by atoms with Gasteiger partial charge < -0.3 is 14.3 Å². The molecule has 2 rings (SSSR count). The zero-order chi connectivity index (χ0) is 19.0. The molecule has 0 radical (unpaired) electrons. The summed E-state index contributed by atoms with van der Waals surface area (Å²) in [6.07, 6.45) is 4.97. The summed E-state index contributed by atoms with van der Waals surface area (Å²) in [5.74, 6) is 0.919. The minimum absolute atomic E-state index is 0.0695. The van der Waals surface area contributed by atoms with Gasteiger partial charge in [-0.2, -0.15) is 0 Å². The van der Waals surface area contributed by atoms with Gasteiger partial charge in [0.05, 0.1) is 12.0 Å². The van der Waals surface area contributed by atoms with Crippen molar-refractivity contribution < 1.29 is 9.22 Å². The van der Waals surface area contributed by atoms with Crippen molar-refractivity contribution in [2.45, 2.75) is 70.8 Å². The van der Waals surface area contributed by atoms with Crippen molar-refractivity contribution in [3.63, 3.8) is 0 Å². The smallest absolute Gasteiger partial charge is 0.228 e. The van der Waals surface area contributed by atoms with E-state index in [4.69, 9.17) is 16.6 Å². The monoisotopic (exact) mass is 381 g/mol. The number of carbonyl (C=O) groups excluding carboxylic acids is 1. The summed E-state index contributed by atoms with van der Waals surface area (Å²) in [5.41, 5.74) is 0. The van der Waals surface area contributed by atoms with Crippen LogP contribution in [0, 0.1) is 5.92 Å². The minimum Gasteiger partial charge on any atom is -0.413 e. The Kier molecular flexibility index (Phi) is 5.91. The zero-order valence-electron chi connectivity index (χ0n) is 16.4. The lowest BCUT2D eigenvalue weighted by Crippen LogP contribution is -2.64. The Labute approximate surface area is 157 Å². The fraction of sp³-hybridized carbons (Fsp3) is 0.722. The molecule has 0 aromatic carbocycles. The Hall–Kier alpha value is -1.05. The summed E-state index contributed by atoms with van der Waals surface area (Å²) >= 11 is 5.55. The molecule has 1 amide bonds. The summed E-state index contributed by atoms with van der Waals surface area (Å²) in [7, 11) is 0.0685. The Morgan fingerprint density at radius 2 is 2.12 bits per heavy atom. The predicted molar refractivity (Wildman–Crippen MR) is 107 cm³/mol. The molecule has 1 aromatic heterocycles. The highest BCUT2D eigenvalue weighted by Gasteiger charge is 2.47. The number of hydrogen-bond acceptors (Lipinski definition) is 4. The molecule has 1 fully saturated rings. The molecule has 5 nitrogen and oxygen atoms in total. The Morgan fingerprint density at radius 3 is 2.60 bits per heavy atom. The van der Waals surface area contributed by atoms with E-state index in [-0.39, 0.29) is 29.0 Å². The average molecular weight is 382 g/mol. The highest BCUT2D eigenvalue weighted by molar-refractivity contribution is 7.80. The molecular weight excluding hydrogens is 350 g/mol. The summed E-state index contributed by atoms with van der Waals surface area (Å²) in [5, 5.41) is 3.13. The number of thiocarbonyl (C=S) groups is 1. The quantitative estimate of drug-likeness (QED) is 0.447. The maximum atomic E-state index is 12.1. The Bertz CT molecular complexity index is 651. The maximum absolute atomic E-state index is 12.1. The molecular formula is C18H31N3O2SSi. The van der Waals surface area contributed by atoms with Crippen LogP contribution in [0.2, 0.25) is 18.1 Å². The standard InChI is InChI=1S/C18H31N3O2SSi/c1-12(23-25(6,7)18(2,3)4)16-14(20-17(16)22)10-13(24)11-15-19-8-9-21(15)5/h8-9,12,14,16H,10-11H2,1-7H3,(H,20,22)/t12-,14+,16-/m1/s1. The van der Waals surface area contributed by atoms with Crippen LogP contribution in [0.1, 0.15) is 39.9 Å². The van der Waals surface area contributed by atoms with Gasteiger partial charge >= 0.3 is 0 Å². The van der Waals surface area contributed by atoms with Gasteiger partial charge in [-0.3, -0.25) is 4.79 Å². The first-order valence-electron chi connectivity index (χ1n) is 8.88. The van der Waals surface area contributed by atoms with Crippen molar-refractivity contribution in [1.29, 1.82) is 0 Å². The summed E-state index contributed by atoms with van der Waals surface area (Å²) in [4.78, 5) is 17.4. The van der Waals surface area contributed by atoms with Crippen LogP contribution in [-0.2, 0) is 22.7 Å². The number of imidazole rings is 1. The molecule has 1 aromatic rings. The second-order valence-corrected chi connectivity index (χ2v) is 13.9. The van der Waals surface area contributed by atoms with Crippen molar-refractivity contribution in [2.24, 2.45) is 13.0 Å². The minimum atomic E-state index is -1.90. The molecule has 1 aliphatic heterocycles. The van der Waals surface area contributed by atoms with Gasteiger partial charge in [-0.25, -0.2) is 4.98 Å². The number of rotatable bonds is 7. The van der Waals surface area contributed by atoms with Crippen molar-refractivity contribution >= 4 is 31.3 Å². The molecule has 3 atom stereocenters. The number of aryl methyl sites for hydroxylation is 1. The van der Waals surface area contributed by atoms with Crippen molar-refractivity contribution in [3.05, 3.63) is 18.2 Å². The first-order valence-corrected chi connectivity index (χ1v) is 12.2. The van der Waals surface area contributed by atoms with E-state index in [0.29, 0.717) is 12.8 Å². The molecule has 0 aliphatic carbocycles. The molecule has 1 saturated heterocycles. The molecule has 0 bridgehead atoms. The van der Waals surface area contributed by atoms with Crippen LogP contribution in [0.4, 0.5) is 0 Å². The first-order chi connectivity index (χ1) is 11.4. The van der Waals surface area contributed by atoms with E-state index >= 15 is 0 Å². The third kappa shape index (κ3) is 4.57. The van der Waals surface area contributed by atoms with Crippen LogP contribution in [-0.4, -0.2) is 40.8 Å². The van der Waals surface area contributed by atoms with Crippen molar-refractivity contribution in [1.82, 2.24) is 14.9 Å². The van der Waals surface area contributed by atoms with E-state index in [1.54, 1.807) is 6.20 Å². The van der Waals surface area contributed by atoms with Crippen LogP contribution in [0.3, 0.4) is 0 Å². The van der Waals surface area contributed by atoms with Gasteiger partial charge in [-0.1, -0.05) is 33.0 Å². The topological polar surface area (TPSA) is 56.1 Å². The molecule has 1 N–H and O–H groups in total. The third-order valence-electron chi connectivity index (χ3n) is 5.58. The fourth-order valence-electron chi connectivity index (χ4n) is 2.95. The summed E-state index contributed by atoms with van der Waals surface area (Å²) < 4.78 is 8.41. The Balaban J connectivity index is 1.95. The molecule has 140 valence electrons. The molecule has 2 heterocycles. The highest BCUT2D eigenvalue weighted by Crippen LogP contribution is 2.39. The summed E-state index contributed by atoms with van der Waals surface area (Å²) in [6.45, 7) is 13.1. The number of nitrogens with one attached hydrogen (secondary N) is 1. The lowest BCUT2D eigenvalue weighted by molar-refractivity contribution is -0.139. The van der Waals surface area contributed by atoms with Crippen molar-refractivity contribution in [2.75, 3.05) is 0 Å². The van der Waals surface area contributed by atoms with Gasteiger partial charge in [0.15, 0.2) is 8.32 Å². The lowest BCUT2D eigenvalue weighted by Gasteiger charge is -2.45. The number of β-lactam (4-membered cyclic amide) rings is 1. The number of carbonyl (C=O) groups is 1. The van der Waals surface area contributed by atoms with E-state index in [1.165, 1.54) is 0 Å².